The standard InChI is InChI=1S/C11H15FN2O3S/c12-9-2-1-3-11(6-9)18(15,16)14-4-5-17-10(7-13)8-14/h1-3,6,10H,4-5,7-8,13H2/t10-/m1/s1. The van der Waals surface area contributed by atoms with Crippen molar-refractivity contribution in [2.45, 2.75) is 11.0 Å². The first-order valence-electron chi connectivity index (χ1n) is 5.61. The number of halogens is 1. The number of hydrogen-bond donors (Lipinski definition) is 1. The van der Waals surface area contributed by atoms with Crippen molar-refractivity contribution in [3.63, 3.8) is 0 Å². The van der Waals surface area contributed by atoms with Gasteiger partial charge in [-0.05, 0) is 18.2 Å². The highest BCUT2D eigenvalue weighted by Crippen LogP contribution is 2.19. The summed E-state index contributed by atoms with van der Waals surface area (Å²) in [5.74, 6) is -0.570. The van der Waals surface area contributed by atoms with E-state index in [1.807, 2.05) is 0 Å². The predicted octanol–water partition coefficient (Wildman–Crippen LogP) is 0.174. The minimum atomic E-state index is -3.67. The molecular weight excluding hydrogens is 259 g/mol. The number of sulfonamides is 1. The fourth-order valence-corrected chi connectivity index (χ4v) is 3.32. The molecule has 100 valence electrons. The molecule has 1 aliphatic rings. The average molecular weight is 274 g/mol. The second kappa shape index (κ2) is 5.31. The Labute approximate surface area is 105 Å². The molecule has 1 aliphatic heterocycles. The topological polar surface area (TPSA) is 72.6 Å². The van der Waals surface area contributed by atoms with Crippen molar-refractivity contribution in [2.24, 2.45) is 5.73 Å². The van der Waals surface area contributed by atoms with Gasteiger partial charge in [-0.2, -0.15) is 4.31 Å². The molecule has 0 unspecified atom stereocenters. The lowest BCUT2D eigenvalue weighted by Crippen LogP contribution is -2.48. The van der Waals surface area contributed by atoms with Crippen LogP contribution in [0.15, 0.2) is 29.2 Å². The van der Waals surface area contributed by atoms with Crippen LogP contribution >= 0.6 is 0 Å². The van der Waals surface area contributed by atoms with Crippen molar-refractivity contribution in [2.75, 3.05) is 26.2 Å². The summed E-state index contributed by atoms with van der Waals surface area (Å²) in [6, 6.07) is 4.98. The van der Waals surface area contributed by atoms with Gasteiger partial charge in [0.15, 0.2) is 0 Å². The van der Waals surface area contributed by atoms with Gasteiger partial charge >= 0.3 is 0 Å². The molecule has 7 heteroatoms. The molecule has 1 saturated heterocycles. The van der Waals surface area contributed by atoms with Gasteiger partial charge in [0.05, 0.1) is 17.6 Å². The summed E-state index contributed by atoms with van der Waals surface area (Å²) in [5.41, 5.74) is 5.47. The van der Waals surface area contributed by atoms with E-state index >= 15 is 0 Å². The number of ether oxygens (including phenoxy) is 1. The molecule has 0 amide bonds. The van der Waals surface area contributed by atoms with E-state index in [0.717, 1.165) is 6.07 Å². The van der Waals surface area contributed by atoms with Crippen molar-refractivity contribution in [3.05, 3.63) is 30.1 Å². The number of benzene rings is 1. The molecule has 0 radical (unpaired) electrons. The van der Waals surface area contributed by atoms with E-state index in [9.17, 15) is 12.8 Å². The van der Waals surface area contributed by atoms with Crippen LogP contribution in [-0.2, 0) is 14.8 Å². The summed E-state index contributed by atoms with van der Waals surface area (Å²) < 4.78 is 44.2. The van der Waals surface area contributed by atoms with Gasteiger partial charge in [-0.1, -0.05) is 6.07 Å². The third-order valence-corrected chi connectivity index (χ3v) is 4.66. The number of hydrogen-bond acceptors (Lipinski definition) is 4. The van der Waals surface area contributed by atoms with Gasteiger partial charge in [0.2, 0.25) is 10.0 Å². The summed E-state index contributed by atoms with van der Waals surface area (Å²) in [5, 5.41) is 0. The molecule has 1 fully saturated rings. The fraction of sp³-hybridized carbons (Fsp3) is 0.455. The zero-order valence-electron chi connectivity index (χ0n) is 9.75. The minimum absolute atomic E-state index is 0.0415. The maximum absolute atomic E-state index is 13.1. The van der Waals surface area contributed by atoms with Crippen molar-refractivity contribution in [1.29, 1.82) is 0 Å². The maximum Gasteiger partial charge on any atom is 0.243 e. The molecule has 0 aliphatic carbocycles. The zero-order valence-corrected chi connectivity index (χ0v) is 10.6. The first-order valence-corrected chi connectivity index (χ1v) is 7.05. The third-order valence-electron chi connectivity index (χ3n) is 2.80. The van der Waals surface area contributed by atoms with Crippen LogP contribution in [0.25, 0.3) is 0 Å². The van der Waals surface area contributed by atoms with Crippen molar-refractivity contribution >= 4 is 10.0 Å². The third kappa shape index (κ3) is 2.69. The first-order chi connectivity index (χ1) is 8.54. The smallest absolute Gasteiger partial charge is 0.243 e. The Morgan fingerprint density at radius 3 is 2.94 bits per heavy atom. The molecular formula is C11H15FN2O3S. The van der Waals surface area contributed by atoms with Gasteiger partial charge in [-0.25, -0.2) is 12.8 Å². The van der Waals surface area contributed by atoms with Gasteiger partial charge in [0.1, 0.15) is 5.82 Å². The summed E-state index contributed by atoms with van der Waals surface area (Å²) >= 11 is 0. The molecule has 0 bridgehead atoms. The molecule has 0 saturated carbocycles. The summed E-state index contributed by atoms with van der Waals surface area (Å²) in [6.45, 7) is 1.02. The van der Waals surface area contributed by atoms with Crippen LogP contribution in [0.4, 0.5) is 4.39 Å². The van der Waals surface area contributed by atoms with Gasteiger partial charge in [0.25, 0.3) is 0 Å². The number of rotatable bonds is 3. The number of nitrogens with two attached hydrogens (primary N) is 1. The molecule has 5 nitrogen and oxygen atoms in total. The van der Waals surface area contributed by atoms with Gasteiger partial charge in [0, 0.05) is 19.6 Å². The van der Waals surface area contributed by atoms with Crippen LogP contribution in [0.3, 0.4) is 0 Å². The summed E-state index contributed by atoms with van der Waals surface area (Å²) in [6.07, 6.45) is -0.304. The molecule has 1 aromatic rings. The number of morpholine rings is 1. The second-order valence-electron chi connectivity index (χ2n) is 4.05. The second-order valence-corrected chi connectivity index (χ2v) is 5.99. The van der Waals surface area contributed by atoms with Crippen LogP contribution in [0.2, 0.25) is 0 Å². The quantitative estimate of drug-likeness (QED) is 0.853. The minimum Gasteiger partial charge on any atom is -0.374 e. The Morgan fingerprint density at radius 2 is 2.28 bits per heavy atom. The van der Waals surface area contributed by atoms with Crippen LogP contribution in [-0.4, -0.2) is 45.1 Å². The largest absolute Gasteiger partial charge is 0.374 e. The van der Waals surface area contributed by atoms with E-state index in [0.29, 0.717) is 6.61 Å². The van der Waals surface area contributed by atoms with E-state index in [-0.39, 0.29) is 30.6 Å². The van der Waals surface area contributed by atoms with Crippen LogP contribution in [0.1, 0.15) is 0 Å². The van der Waals surface area contributed by atoms with Gasteiger partial charge in [-0.15, -0.1) is 0 Å². The van der Waals surface area contributed by atoms with Crippen LogP contribution in [0.5, 0.6) is 0 Å². The van der Waals surface area contributed by atoms with Crippen molar-refractivity contribution in [3.8, 4) is 0 Å². The zero-order chi connectivity index (χ0) is 13.2. The Kier molecular flexibility index (Phi) is 3.96. The Balaban J connectivity index is 2.25. The lowest BCUT2D eigenvalue weighted by molar-refractivity contribution is 0.00450. The Hall–Kier alpha value is -1.02. The van der Waals surface area contributed by atoms with Gasteiger partial charge in [-0.3, -0.25) is 0 Å². The van der Waals surface area contributed by atoms with E-state index in [1.165, 1.54) is 22.5 Å². The highest BCUT2D eigenvalue weighted by Gasteiger charge is 2.30. The lowest BCUT2D eigenvalue weighted by atomic mass is 10.3. The molecule has 2 N–H and O–H groups in total. The Morgan fingerprint density at radius 1 is 1.50 bits per heavy atom. The normalized spacial score (nSPS) is 22.0. The van der Waals surface area contributed by atoms with Crippen molar-refractivity contribution in [1.82, 2.24) is 4.31 Å². The first kappa shape index (κ1) is 13.4. The fourth-order valence-electron chi connectivity index (χ4n) is 1.83. The van der Waals surface area contributed by atoms with E-state index in [4.69, 9.17) is 10.5 Å². The van der Waals surface area contributed by atoms with Gasteiger partial charge < -0.3 is 10.5 Å². The number of nitrogens with zero attached hydrogens (tertiary/aromatic N) is 1. The SMILES string of the molecule is NC[C@@H]1CN(S(=O)(=O)c2cccc(F)c2)CCO1. The van der Waals surface area contributed by atoms with Crippen LogP contribution in [0, 0.1) is 5.82 Å². The monoisotopic (exact) mass is 274 g/mol. The van der Waals surface area contributed by atoms with Crippen LogP contribution < -0.4 is 5.73 Å². The summed E-state index contributed by atoms with van der Waals surface area (Å²) in [7, 11) is -3.67. The predicted molar refractivity (Wildman–Crippen MR) is 64.0 cm³/mol. The van der Waals surface area contributed by atoms with Crippen molar-refractivity contribution < 1.29 is 17.5 Å². The Bertz CT molecular complexity index is 521. The lowest BCUT2D eigenvalue weighted by Gasteiger charge is -2.31. The highest BCUT2D eigenvalue weighted by atomic mass is 32.2. The molecule has 0 spiro atoms. The molecule has 2 rings (SSSR count). The average Bonchev–Trinajstić information content (AvgIpc) is 2.39. The molecule has 0 aromatic heterocycles. The molecule has 1 aromatic carbocycles. The van der Waals surface area contributed by atoms with E-state index < -0.39 is 15.8 Å². The van der Waals surface area contributed by atoms with E-state index in [1.54, 1.807) is 0 Å². The summed E-state index contributed by atoms with van der Waals surface area (Å²) in [4.78, 5) is -0.0415. The van der Waals surface area contributed by atoms with E-state index in [2.05, 4.69) is 0 Å². The molecule has 1 atom stereocenters. The molecule has 18 heavy (non-hydrogen) atoms. The maximum atomic E-state index is 13.1. The molecule has 1 heterocycles. The highest BCUT2D eigenvalue weighted by molar-refractivity contribution is 7.89.